The third kappa shape index (κ3) is 3.16. The number of hydrogen-bond acceptors (Lipinski definition) is 4. The summed E-state index contributed by atoms with van der Waals surface area (Å²) in [7, 11) is 1.36. The third-order valence-electron chi connectivity index (χ3n) is 3.32. The summed E-state index contributed by atoms with van der Waals surface area (Å²) in [5.41, 5.74) is 6.37. The molecular formula is C15H14Cl2N2O3. The van der Waals surface area contributed by atoms with Crippen molar-refractivity contribution in [2.24, 2.45) is 5.73 Å². The molecule has 5 nitrogen and oxygen atoms in total. The Labute approximate surface area is 137 Å². The number of carbonyl (C=O) groups excluding carboxylic acids is 1. The Morgan fingerprint density at radius 3 is 2.45 bits per heavy atom. The Kier molecular flexibility index (Phi) is 5.24. The van der Waals surface area contributed by atoms with Crippen molar-refractivity contribution in [1.29, 1.82) is 0 Å². The van der Waals surface area contributed by atoms with Crippen LogP contribution in [0.5, 0.6) is 5.75 Å². The molecule has 1 heterocycles. The maximum Gasteiger partial charge on any atom is 0.247 e. The zero-order chi connectivity index (χ0) is 16.3. The second-order valence-electron chi connectivity index (χ2n) is 4.61. The minimum Gasteiger partial charge on any atom is -0.508 e. The quantitative estimate of drug-likeness (QED) is 0.876. The maximum atomic E-state index is 11.8. The SMILES string of the molecule is COC(C(N)=O)C(c1ccncc1)c1c(O)ccc(Cl)c1Cl. The molecule has 0 aliphatic heterocycles. The van der Waals surface area contributed by atoms with Crippen molar-refractivity contribution in [3.05, 3.63) is 57.8 Å². The summed E-state index contributed by atoms with van der Waals surface area (Å²) in [6.45, 7) is 0. The van der Waals surface area contributed by atoms with Crippen LogP contribution in [0.1, 0.15) is 17.0 Å². The van der Waals surface area contributed by atoms with E-state index in [2.05, 4.69) is 4.98 Å². The fraction of sp³-hybridized carbons (Fsp3) is 0.200. The number of amides is 1. The van der Waals surface area contributed by atoms with Crippen molar-refractivity contribution in [2.45, 2.75) is 12.0 Å². The number of halogens is 2. The predicted molar refractivity (Wildman–Crippen MR) is 84.2 cm³/mol. The summed E-state index contributed by atoms with van der Waals surface area (Å²) < 4.78 is 5.22. The Balaban J connectivity index is 2.69. The number of aromatic nitrogens is 1. The van der Waals surface area contributed by atoms with Gasteiger partial charge >= 0.3 is 0 Å². The van der Waals surface area contributed by atoms with Crippen LogP contribution in [0.4, 0.5) is 0 Å². The van der Waals surface area contributed by atoms with Gasteiger partial charge in [-0.05, 0) is 29.8 Å². The Morgan fingerprint density at radius 1 is 1.27 bits per heavy atom. The summed E-state index contributed by atoms with van der Waals surface area (Å²) in [6.07, 6.45) is 2.10. The Bertz CT molecular complexity index is 680. The minimum absolute atomic E-state index is 0.0977. The summed E-state index contributed by atoms with van der Waals surface area (Å²) >= 11 is 12.3. The van der Waals surface area contributed by atoms with E-state index in [1.54, 1.807) is 24.5 Å². The first-order valence-corrected chi connectivity index (χ1v) is 7.11. The first-order valence-electron chi connectivity index (χ1n) is 6.36. The fourth-order valence-electron chi connectivity index (χ4n) is 2.33. The number of carbonyl (C=O) groups is 1. The molecular weight excluding hydrogens is 327 g/mol. The molecule has 0 aliphatic rings. The smallest absolute Gasteiger partial charge is 0.247 e. The van der Waals surface area contributed by atoms with Crippen molar-refractivity contribution >= 4 is 29.1 Å². The molecule has 2 atom stereocenters. The largest absolute Gasteiger partial charge is 0.508 e. The molecule has 2 rings (SSSR count). The summed E-state index contributed by atoms with van der Waals surface area (Å²) in [5, 5.41) is 10.6. The number of phenolic OH excluding ortho intramolecular Hbond substituents is 1. The molecule has 0 fully saturated rings. The van der Waals surface area contributed by atoms with Gasteiger partial charge in [0.2, 0.25) is 5.91 Å². The lowest BCUT2D eigenvalue weighted by Crippen LogP contribution is -2.36. The van der Waals surface area contributed by atoms with Gasteiger partial charge in [-0.15, -0.1) is 0 Å². The van der Waals surface area contributed by atoms with Crippen LogP contribution in [0.2, 0.25) is 10.0 Å². The number of primary amides is 1. The number of ether oxygens (including phenoxy) is 1. The van der Waals surface area contributed by atoms with Crippen LogP contribution in [0.15, 0.2) is 36.7 Å². The maximum absolute atomic E-state index is 11.8. The summed E-state index contributed by atoms with van der Waals surface area (Å²) in [4.78, 5) is 15.7. The normalized spacial score (nSPS) is 13.6. The van der Waals surface area contributed by atoms with Gasteiger partial charge in [0.1, 0.15) is 11.9 Å². The van der Waals surface area contributed by atoms with Gasteiger partial charge in [0, 0.05) is 31.0 Å². The Morgan fingerprint density at radius 2 is 1.91 bits per heavy atom. The molecule has 0 aliphatic carbocycles. The number of phenols is 1. The molecule has 0 saturated heterocycles. The third-order valence-corrected chi connectivity index (χ3v) is 4.14. The van der Waals surface area contributed by atoms with E-state index in [1.807, 2.05) is 0 Å². The van der Waals surface area contributed by atoms with Gasteiger partial charge in [-0.3, -0.25) is 9.78 Å². The van der Waals surface area contributed by atoms with Gasteiger partial charge in [-0.2, -0.15) is 0 Å². The van der Waals surface area contributed by atoms with Gasteiger partial charge in [0.15, 0.2) is 0 Å². The van der Waals surface area contributed by atoms with Gasteiger partial charge in [-0.1, -0.05) is 23.2 Å². The Hall–Kier alpha value is -1.82. The highest BCUT2D eigenvalue weighted by molar-refractivity contribution is 6.42. The number of aromatic hydroxyl groups is 1. The number of hydrogen-bond donors (Lipinski definition) is 2. The molecule has 116 valence electrons. The van der Waals surface area contributed by atoms with Crippen LogP contribution in [-0.2, 0) is 9.53 Å². The van der Waals surface area contributed by atoms with E-state index in [4.69, 9.17) is 33.7 Å². The zero-order valence-corrected chi connectivity index (χ0v) is 13.2. The highest BCUT2D eigenvalue weighted by Crippen LogP contribution is 2.42. The standard InChI is InChI=1S/C15H14Cl2N2O3/c1-22-14(15(18)21)11(8-4-6-19-7-5-8)12-10(20)3-2-9(16)13(12)17/h2-7,11,14,20H,1H3,(H2,18,21). The molecule has 0 bridgehead atoms. The number of nitrogens with two attached hydrogens (primary N) is 1. The van der Waals surface area contributed by atoms with Crippen LogP contribution < -0.4 is 5.73 Å². The van der Waals surface area contributed by atoms with Crippen molar-refractivity contribution < 1.29 is 14.6 Å². The van der Waals surface area contributed by atoms with E-state index in [0.717, 1.165) is 0 Å². The average Bonchev–Trinajstić information content (AvgIpc) is 2.51. The molecule has 7 heteroatoms. The van der Waals surface area contributed by atoms with E-state index >= 15 is 0 Å². The van der Waals surface area contributed by atoms with Crippen molar-refractivity contribution in [1.82, 2.24) is 4.98 Å². The molecule has 0 spiro atoms. The van der Waals surface area contributed by atoms with Gasteiger partial charge in [0.25, 0.3) is 0 Å². The molecule has 22 heavy (non-hydrogen) atoms. The highest BCUT2D eigenvalue weighted by Gasteiger charge is 2.33. The molecule has 0 radical (unpaired) electrons. The molecule has 1 aromatic heterocycles. The molecule has 1 aromatic carbocycles. The van der Waals surface area contributed by atoms with Crippen LogP contribution in [0, 0.1) is 0 Å². The second kappa shape index (κ2) is 6.96. The van der Waals surface area contributed by atoms with Gasteiger partial charge in [0.05, 0.1) is 10.0 Å². The first kappa shape index (κ1) is 16.5. The second-order valence-corrected chi connectivity index (χ2v) is 5.40. The fourth-order valence-corrected chi connectivity index (χ4v) is 2.77. The molecule has 2 unspecified atom stereocenters. The number of benzene rings is 1. The first-order chi connectivity index (χ1) is 10.5. The van der Waals surface area contributed by atoms with Crippen LogP contribution in [0.3, 0.4) is 0 Å². The molecule has 2 aromatic rings. The lowest BCUT2D eigenvalue weighted by Gasteiger charge is -2.26. The van der Waals surface area contributed by atoms with E-state index < -0.39 is 17.9 Å². The topological polar surface area (TPSA) is 85.4 Å². The zero-order valence-electron chi connectivity index (χ0n) is 11.7. The van der Waals surface area contributed by atoms with Crippen LogP contribution in [0.25, 0.3) is 0 Å². The van der Waals surface area contributed by atoms with E-state index in [0.29, 0.717) is 5.56 Å². The number of methoxy groups -OCH3 is 1. The summed E-state index contributed by atoms with van der Waals surface area (Å²) in [6, 6.07) is 6.26. The number of rotatable bonds is 5. The molecule has 3 N–H and O–H groups in total. The lowest BCUT2D eigenvalue weighted by molar-refractivity contribution is -0.128. The van der Waals surface area contributed by atoms with Crippen LogP contribution >= 0.6 is 23.2 Å². The van der Waals surface area contributed by atoms with E-state index in [1.165, 1.54) is 19.2 Å². The average molecular weight is 341 g/mol. The summed E-state index contributed by atoms with van der Waals surface area (Å²) in [5.74, 6) is -1.49. The van der Waals surface area contributed by atoms with Crippen molar-refractivity contribution in [2.75, 3.05) is 7.11 Å². The van der Waals surface area contributed by atoms with E-state index in [-0.39, 0.29) is 21.4 Å². The van der Waals surface area contributed by atoms with Crippen molar-refractivity contribution in [3.8, 4) is 5.75 Å². The van der Waals surface area contributed by atoms with E-state index in [9.17, 15) is 9.90 Å². The monoisotopic (exact) mass is 340 g/mol. The number of pyridine rings is 1. The highest BCUT2D eigenvalue weighted by atomic mass is 35.5. The number of nitrogens with zero attached hydrogens (tertiary/aromatic N) is 1. The van der Waals surface area contributed by atoms with Crippen LogP contribution in [-0.4, -0.2) is 29.2 Å². The minimum atomic E-state index is -1.02. The van der Waals surface area contributed by atoms with Gasteiger partial charge in [-0.25, -0.2) is 0 Å². The predicted octanol–water partition coefficient (Wildman–Crippen LogP) is 2.73. The van der Waals surface area contributed by atoms with Crippen molar-refractivity contribution in [3.63, 3.8) is 0 Å². The van der Waals surface area contributed by atoms with Gasteiger partial charge < -0.3 is 15.6 Å². The molecule has 0 saturated carbocycles. The molecule has 1 amide bonds. The lowest BCUT2D eigenvalue weighted by atomic mass is 9.86.